The molecule has 3 nitrogen and oxygen atoms in total. The predicted molar refractivity (Wildman–Crippen MR) is 62.4 cm³/mol. The van der Waals surface area contributed by atoms with Gasteiger partial charge in [-0.2, -0.15) is 0 Å². The molecule has 0 saturated heterocycles. The van der Waals surface area contributed by atoms with Gasteiger partial charge in [-0.3, -0.25) is 4.79 Å². The van der Waals surface area contributed by atoms with Crippen LogP contribution in [0.1, 0.15) is 19.3 Å². The first kappa shape index (κ1) is 14.0. The summed E-state index contributed by atoms with van der Waals surface area (Å²) in [7, 11) is 0. The Balaban J connectivity index is 3.76. The number of allylic oxidation sites excluding steroid dienone is 3. The van der Waals surface area contributed by atoms with E-state index in [9.17, 15) is 9.90 Å². The summed E-state index contributed by atoms with van der Waals surface area (Å²) in [4.78, 5) is 10.1. The molecule has 0 aliphatic carbocycles. The summed E-state index contributed by atoms with van der Waals surface area (Å²) in [5, 5.41) is 17.5. The zero-order chi connectivity index (χ0) is 12.2. The molecular weight excluding hydrogens is 204 g/mol. The van der Waals surface area contributed by atoms with E-state index in [1.807, 2.05) is 0 Å². The van der Waals surface area contributed by atoms with E-state index in [1.165, 1.54) is 0 Å². The van der Waals surface area contributed by atoms with Crippen molar-refractivity contribution in [1.29, 1.82) is 0 Å². The minimum Gasteiger partial charge on any atom is -0.481 e. The maximum Gasteiger partial charge on any atom is 0.304 e. The Kier molecular flexibility index (Phi) is 8.40. The van der Waals surface area contributed by atoms with Crippen LogP contribution in [0.25, 0.3) is 0 Å². The number of carboxylic acid groups (broad SMARTS) is 1. The zero-order valence-electron chi connectivity index (χ0n) is 8.89. The predicted octanol–water partition coefficient (Wildman–Crippen LogP) is 1.35. The van der Waals surface area contributed by atoms with Crippen molar-refractivity contribution in [3.8, 4) is 24.2 Å². The molecule has 0 aliphatic heterocycles. The van der Waals surface area contributed by atoms with E-state index in [-0.39, 0.29) is 12.8 Å². The van der Waals surface area contributed by atoms with Gasteiger partial charge in [-0.25, -0.2) is 0 Å². The molecule has 1 atom stereocenters. The number of terminal acetylenes is 1. The van der Waals surface area contributed by atoms with Crippen molar-refractivity contribution in [2.75, 3.05) is 0 Å². The summed E-state index contributed by atoms with van der Waals surface area (Å²) >= 11 is 0. The number of carbonyl (C=O) groups is 1. The topological polar surface area (TPSA) is 57.5 Å². The molecule has 0 unspecified atom stereocenters. The molecule has 0 amide bonds. The lowest BCUT2D eigenvalue weighted by atomic mass is 10.2. The van der Waals surface area contributed by atoms with Gasteiger partial charge in [0.15, 0.2) is 0 Å². The van der Waals surface area contributed by atoms with Crippen molar-refractivity contribution in [2.24, 2.45) is 0 Å². The normalized spacial score (nSPS) is 12.0. The van der Waals surface area contributed by atoms with Crippen molar-refractivity contribution >= 4 is 5.97 Å². The highest BCUT2D eigenvalue weighted by Crippen LogP contribution is 1.91. The molecule has 0 bridgehead atoms. The number of aliphatic carboxylic acids is 1. The van der Waals surface area contributed by atoms with E-state index in [0.717, 1.165) is 0 Å². The number of hydrogen-bond donors (Lipinski definition) is 2. The van der Waals surface area contributed by atoms with Gasteiger partial charge in [0.25, 0.3) is 0 Å². The standard InChI is InChI=1S/C13H14O3/c1-2-9-12(14)10-7-5-3-4-6-8-11-13(15)16/h1,3,5,7,10,12,14H,8-9,11H2,(H,15,16)/b5-3+,10-7+/t12-/m1/s1. The molecule has 0 spiro atoms. The molecule has 84 valence electrons. The van der Waals surface area contributed by atoms with E-state index >= 15 is 0 Å². The van der Waals surface area contributed by atoms with Gasteiger partial charge in [-0.05, 0) is 6.08 Å². The van der Waals surface area contributed by atoms with Crippen LogP contribution in [0, 0.1) is 24.2 Å². The van der Waals surface area contributed by atoms with Gasteiger partial charge in [0.2, 0.25) is 0 Å². The molecule has 0 heterocycles. The van der Waals surface area contributed by atoms with Gasteiger partial charge in [0, 0.05) is 12.8 Å². The monoisotopic (exact) mass is 218 g/mol. The highest BCUT2D eigenvalue weighted by atomic mass is 16.4. The Morgan fingerprint density at radius 2 is 2.19 bits per heavy atom. The Morgan fingerprint density at radius 3 is 2.81 bits per heavy atom. The molecule has 0 aromatic carbocycles. The summed E-state index contributed by atoms with van der Waals surface area (Å²) < 4.78 is 0. The van der Waals surface area contributed by atoms with E-state index in [4.69, 9.17) is 11.5 Å². The lowest BCUT2D eigenvalue weighted by Crippen LogP contribution is -1.98. The number of aliphatic hydroxyl groups is 1. The van der Waals surface area contributed by atoms with Crippen LogP contribution >= 0.6 is 0 Å². The SMILES string of the molecule is C#CC[C@@H](O)/C=C/C=C/C#CCCC(=O)O. The van der Waals surface area contributed by atoms with Crippen LogP contribution in [-0.4, -0.2) is 22.3 Å². The van der Waals surface area contributed by atoms with Crippen LogP contribution in [0.2, 0.25) is 0 Å². The van der Waals surface area contributed by atoms with Gasteiger partial charge >= 0.3 is 5.97 Å². The average molecular weight is 218 g/mol. The summed E-state index contributed by atoms with van der Waals surface area (Å²) in [5.74, 6) is 6.85. The molecule has 16 heavy (non-hydrogen) atoms. The number of hydrogen-bond acceptors (Lipinski definition) is 2. The second kappa shape index (κ2) is 9.58. The van der Waals surface area contributed by atoms with Crippen molar-refractivity contribution in [3.63, 3.8) is 0 Å². The zero-order valence-corrected chi connectivity index (χ0v) is 8.89. The Morgan fingerprint density at radius 1 is 1.44 bits per heavy atom. The van der Waals surface area contributed by atoms with Gasteiger partial charge in [0.1, 0.15) is 0 Å². The molecule has 0 rings (SSSR count). The lowest BCUT2D eigenvalue weighted by Gasteiger charge is -1.95. The van der Waals surface area contributed by atoms with E-state index in [1.54, 1.807) is 24.3 Å². The van der Waals surface area contributed by atoms with Gasteiger partial charge in [0.05, 0.1) is 12.5 Å². The van der Waals surface area contributed by atoms with Crippen LogP contribution in [0.4, 0.5) is 0 Å². The quantitative estimate of drug-likeness (QED) is 0.541. The molecule has 2 N–H and O–H groups in total. The molecule has 0 fully saturated rings. The molecular formula is C13H14O3. The minimum atomic E-state index is -0.851. The van der Waals surface area contributed by atoms with Crippen molar-refractivity contribution in [2.45, 2.75) is 25.4 Å². The van der Waals surface area contributed by atoms with Crippen LogP contribution in [0.3, 0.4) is 0 Å². The Bertz CT molecular complexity index is 361. The van der Waals surface area contributed by atoms with Crippen molar-refractivity contribution < 1.29 is 15.0 Å². The lowest BCUT2D eigenvalue weighted by molar-refractivity contribution is -0.136. The Hall–Kier alpha value is -1.97. The molecule has 0 saturated carbocycles. The number of carboxylic acids is 1. The Labute approximate surface area is 95.5 Å². The van der Waals surface area contributed by atoms with Gasteiger partial charge in [-0.1, -0.05) is 30.1 Å². The summed E-state index contributed by atoms with van der Waals surface area (Å²) in [6.07, 6.45) is 11.5. The fourth-order valence-electron chi connectivity index (χ4n) is 0.785. The summed E-state index contributed by atoms with van der Waals surface area (Å²) in [5.41, 5.74) is 0. The highest BCUT2D eigenvalue weighted by molar-refractivity contribution is 5.67. The molecule has 0 aromatic heterocycles. The first-order valence-electron chi connectivity index (χ1n) is 4.82. The van der Waals surface area contributed by atoms with E-state index in [2.05, 4.69) is 17.8 Å². The number of rotatable bonds is 5. The van der Waals surface area contributed by atoms with E-state index < -0.39 is 12.1 Å². The largest absolute Gasteiger partial charge is 0.481 e. The fraction of sp³-hybridized carbons (Fsp3) is 0.308. The number of aliphatic hydroxyl groups excluding tert-OH is 1. The van der Waals surface area contributed by atoms with Crippen LogP contribution in [0.15, 0.2) is 24.3 Å². The van der Waals surface area contributed by atoms with Crippen molar-refractivity contribution in [1.82, 2.24) is 0 Å². The second-order valence-corrected chi connectivity index (χ2v) is 2.93. The molecule has 3 heteroatoms. The first-order chi connectivity index (χ1) is 7.66. The minimum absolute atomic E-state index is 0.0531. The maximum absolute atomic E-state index is 10.1. The van der Waals surface area contributed by atoms with Crippen LogP contribution < -0.4 is 0 Å². The summed E-state index contributed by atoms with van der Waals surface area (Å²) in [6.45, 7) is 0. The van der Waals surface area contributed by atoms with Gasteiger partial charge in [-0.15, -0.1) is 12.3 Å². The van der Waals surface area contributed by atoms with Crippen LogP contribution in [0.5, 0.6) is 0 Å². The highest BCUT2D eigenvalue weighted by Gasteiger charge is 1.91. The third-order valence-corrected chi connectivity index (χ3v) is 1.52. The maximum atomic E-state index is 10.1. The second-order valence-electron chi connectivity index (χ2n) is 2.93. The summed E-state index contributed by atoms with van der Waals surface area (Å²) in [6, 6.07) is 0. The van der Waals surface area contributed by atoms with Crippen molar-refractivity contribution in [3.05, 3.63) is 24.3 Å². The fourth-order valence-corrected chi connectivity index (χ4v) is 0.785. The third kappa shape index (κ3) is 10.1. The van der Waals surface area contributed by atoms with Crippen LogP contribution in [-0.2, 0) is 4.79 Å². The molecule has 0 radical (unpaired) electrons. The van der Waals surface area contributed by atoms with Gasteiger partial charge < -0.3 is 10.2 Å². The third-order valence-electron chi connectivity index (χ3n) is 1.52. The molecule has 0 aromatic rings. The van der Waals surface area contributed by atoms with E-state index in [0.29, 0.717) is 6.42 Å². The molecule has 0 aliphatic rings. The average Bonchev–Trinajstić information content (AvgIpc) is 2.22. The smallest absolute Gasteiger partial charge is 0.304 e. The first-order valence-corrected chi connectivity index (χ1v) is 4.82.